The molecule has 1 aromatic heterocycles. The largest absolute Gasteiger partial charge is 0.459 e. The van der Waals surface area contributed by atoms with Crippen LogP contribution in [-0.2, 0) is 18.9 Å². The molecule has 3 aromatic carbocycles. The van der Waals surface area contributed by atoms with Crippen LogP contribution in [0.25, 0.3) is 0 Å². The Balaban J connectivity index is 1.39. The van der Waals surface area contributed by atoms with Crippen molar-refractivity contribution < 1.29 is 33.3 Å². The number of benzene rings is 3. The van der Waals surface area contributed by atoms with Gasteiger partial charge in [-0.3, -0.25) is 4.79 Å². The van der Waals surface area contributed by atoms with Crippen LogP contribution >= 0.6 is 11.6 Å². The third kappa shape index (κ3) is 6.37. The van der Waals surface area contributed by atoms with E-state index in [-0.39, 0.29) is 27.5 Å². The summed E-state index contributed by atoms with van der Waals surface area (Å²) in [6, 6.07) is 24.6. The van der Waals surface area contributed by atoms with E-state index < -0.39 is 54.6 Å². The second-order valence-corrected chi connectivity index (χ2v) is 10.5. The predicted octanol–water partition coefficient (Wildman–Crippen LogP) is 3.94. The highest BCUT2D eigenvalue weighted by Gasteiger charge is 2.52. The first-order valence-electron chi connectivity index (χ1n) is 14.1. The molecule has 2 aliphatic rings. The van der Waals surface area contributed by atoms with E-state index in [4.69, 9.17) is 30.5 Å². The molecule has 4 atom stereocenters. The molecular formula is C32H27ClN4O8. The molecule has 4 aromatic rings. The Morgan fingerprint density at radius 1 is 0.778 bits per heavy atom. The van der Waals surface area contributed by atoms with Gasteiger partial charge in [0.05, 0.1) is 16.7 Å². The molecule has 0 spiro atoms. The number of carbonyl (C=O) groups excluding carboxylic acids is 3. The van der Waals surface area contributed by atoms with Gasteiger partial charge in [0.25, 0.3) is 5.56 Å². The molecule has 13 heteroatoms. The summed E-state index contributed by atoms with van der Waals surface area (Å²) in [6.45, 7) is 0.604. The normalized spacial score (nSPS) is 20.2. The maximum absolute atomic E-state index is 13.5. The highest BCUT2D eigenvalue weighted by Crippen LogP contribution is 2.36. The van der Waals surface area contributed by atoms with Crippen molar-refractivity contribution in [2.24, 2.45) is 0 Å². The van der Waals surface area contributed by atoms with Crippen LogP contribution in [0.4, 0.5) is 11.5 Å². The lowest BCUT2D eigenvalue weighted by Gasteiger charge is -2.26. The van der Waals surface area contributed by atoms with Gasteiger partial charge in [0, 0.05) is 13.1 Å². The van der Waals surface area contributed by atoms with Crippen LogP contribution in [0.3, 0.4) is 0 Å². The molecule has 45 heavy (non-hydrogen) atoms. The zero-order valence-electron chi connectivity index (χ0n) is 23.6. The molecule has 12 nitrogen and oxygen atoms in total. The number of hydrogen-bond acceptors (Lipinski definition) is 11. The zero-order chi connectivity index (χ0) is 31.3. The van der Waals surface area contributed by atoms with E-state index in [1.54, 1.807) is 91.0 Å². The molecular weight excluding hydrogens is 604 g/mol. The second kappa shape index (κ2) is 13.2. The number of carbonyl (C=O) groups is 3. The van der Waals surface area contributed by atoms with Crippen LogP contribution < -0.4 is 16.2 Å². The predicted molar refractivity (Wildman–Crippen MR) is 162 cm³/mol. The van der Waals surface area contributed by atoms with Gasteiger partial charge >= 0.3 is 17.9 Å². The molecule has 0 radical (unpaired) electrons. The van der Waals surface area contributed by atoms with Gasteiger partial charge in [-0.15, -0.1) is 5.10 Å². The number of anilines is 2. The summed E-state index contributed by atoms with van der Waals surface area (Å²) in [5.41, 5.74) is 0.289. The maximum atomic E-state index is 13.5. The third-order valence-corrected chi connectivity index (χ3v) is 7.55. The van der Waals surface area contributed by atoms with Crippen molar-refractivity contribution in [2.45, 2.75) is 24.5 Å². The van der Waals surface area contributed by atoms with E-state index in [9.17, 15) is 19.2 Å². The quantitative estimate of drug-likeness (QED) is 0.215. The summed E-state index contributed by atoms with van der Waals surface area (Å²) in [6.07, 6.45) is -5.36. The molecule has 1 saturated heterocycles. The molecule has 0 unspecified atom stereocenters. The van der Waals surface area contributed by atoms with Crippen LogP contribution in [0.5, 0.6) is 0 Å². The van der Waals surface area contributed by atoms with Gasteiger partial charge in [0.15, 0.2) is 24.3 Å². The summed E-state index contributed by atoms with van der Waals surface area (Å²) < 4.78 is 24.5. The molecule has 0 aliphatic carbocycles. The lowest BCUT2D eigenvalue weighted by atomic mass is 10.1. The fourth-order valence-corrected chi connectivity index (χ4v) is 5.24. The Kier molecular flexibility index (Phi) is 8.76. The minimum atomic E-state index is -1.43. The van der Waals surface area contributed by atoms with E-state index in [1.807, 2.05) is 0 Å². The molecule has 6 rings (SSSR count). The Morgan fingerprint density at radius 3 is 1.87 bits per heavy atom. The van der Waals surface area contributed by atoms with Crippen molar-refractivity contribution in [1.82, 2.24) is 9.78 Å². The number of fused-ring (bicyclic) bond motifs is 1. The lowest BCUT2D eigenvalue weighted by Crippen LogP contribution is -2.43. The first-order valence-corrected chi connectivity index (χ1v) is 14.5. The number of nitrogens with one attached hydrogen (secondary N) is 2. The standard InChI is InChI=1S/C32H27ClN4O8/c33-23-24-27(35-17-16-34-24)36-37(28(23)38)29-26(45-32(41)21-14-8-3-9-15-21)25(44-31(40)20-12-6-2-7-13-20)22(43-29)18-42-30(39)19-10-4-1-5-11-19/h1-15,22,25-26,29,34H,16-18H2,(H,35,36)/t22-,25-,26-,29-/m1/s1. The fourth-order valence-electron chi connectivity index (χ4n) is 4.99. The number of rotatable bonds is 8. The smallest absolute Gasteiger partial charge is 0.338 e. The third-order valence-electron chi connectivity index (χ3n) is 7.20. The van der Waals surface area contributed by atoms with E-state index in [1.165, 1.54) is 0 Å². The molecule has 1 fully saturated rings. The van der Waals surface area contributed by atoms with Crippen LogP contribution in [0.15, 0.2) is 95.8 Å². The number of halogens is 1. The van der Waals surface area contributed by atoms with E-state index in [0.717, 1.165) is 4.68 Å². The highest BCUT2D eigenvalue weighted by atomic mass is 35.5. The Bertz CT molecular complexity index is 1750. The minimum Gasteiger partial charge on any atom is -0.459 e. The van der Waals surface area contributed by atoms with Crippen LogP contribution in [0, 0.1) is 0 Å². The van der Waals surface area contributed by atoms with Gasteiger partial charge in [-0.05, 0) is 36.4 Å². The topological polar surface area (TPSA) is 147 Å². The summed E-state index contributed by atoms with van der Waals surface area (Å²) in [5, 5.41) is 10.4. The van der Waals surface area contributed by atoms with Gasteiger partial charge in [0.1, 0.15) is 23.4 Å². The van der Waals surface area contributed by atoms with Crippen molar-refractivity contribution in [3.8, 4) is 0 Å². The van der Waals surface area contributed by atoms with Crippen LogP contribution in [0.1, 0.15) is 37.3 Å². The van der Waals surface area contributed by atoms with E-state index >= 15 is 0 Å². The average Bonchev–Trinajstić information content (AvgIpc) is 3.42. The molecule has 0 saturated carbocycles. The minimum absolute atomic E-state index is 0.166. The molecule has 230 valence electrons. The molecule has 0 bridgehead atoms. The zero-order valence-corrected chi connectivity index (χ0v) is 24.4. The Hall–Kier alpha value is -5.20. The van der Waals surface area contributed by atoms with Gasteiger partial charge in [-0.2, -0.15) is 4.68 Å². The number of aromatic nitrogens is 2. The van der Waals surface area contributed by atoms with Gasteiger partial charge in [0.2, 0.25) is 0 Å². The summed E-state index contributed by atoms with van der Waals surface area (Å²) in [7, 11) is 0. The fraction of sp³-hybridized carbons (Fsp3) is 0.219. The molecule has 0 amide bonds. The van der Waals surface area contributed by atoms with Crippen molar-refractivity contribution in [1.29, 1.82) is 0 Å². The SMILES string of the molecule is O=C(OC[C@H]1O[C@@H](n2nc3c(c(Cl)c2=O)NCCN3)[C@H](OC(=O)c2ccccc2)[C@@H]1OC(=O)c1ccccc1)c1ccccc1. The van der Waals surface area contributed by atoms with Crippen molar-refractivity contribution in [3.63, 3.8) is 0 Å². The van der Waals surface area contributed by atoms with Crippen LogP contribution in [-0.4, -0.2) is 65.7 Å². The summed E-state index contributed by atoms with van der Waals surface area (Å²) in [4.78, 5) is 53.0. The first kappa shape index (κ1) is 29.9. The number of nitrogens with zero attached hydrogens (tertiary/aromatic N) is 2. The monoisotopic (exact) mass is 630 g/mol. The van der Waals surface area contributed by atoms with E-state index in [2.05, 4.69) is 15.7 Å². The Morgan fingerprint density at radius 2 is 1.29 bits per heavy atom. The molecule has 3 heterocycles. The second-order valence-electron chi connectivity index (χ2n) is 10.1. The van der Waals surface area contributed by atoms with Crippen molar-refractivity contribution >= 4 is 41.0 Å². The molecule has 2 N–H and O–H groups in total. The first-order chi connectivity index (χ1) is 21.9. The highest BCUT2D eigenvalue weighted by molar-refractivity contribution is 6.33. The number of esters is 3. The van der Waals surface area contributed by atoms with Gasteiger partial charge < -0.3 is 29.6 Å². The van der Waals surface area contributed by atoms with Crippen molar-refractivity contribution in [2.75, 3.05) is 30.3 Å². The maximum Gasteiger partial charge on any atom is 0.338 e. The van der Waals surface area contributed by atoms with Gasteiger partial charge in [-0.1, -0.05) is 66.2 Å². The van der Waals surface area contributed by atoms with Crippen molar-refractivity contribution in [3.05, 3.63) is 123 Å². The van der Waals surface area contributed by atoms with Crippen LogP contribution in [0.2, 0.25) is 5.02 Å². The van der Waals surface area contributed by atoms with Gasteiger partial charge in [-0.25, -0.2) is 14.4 Å². The lowest BCUT2D eigenvalue weighted by molar-refractivity contribution is -0.0690. The number of hydrogen-bond donors (Lipinski definition) is 2. The molecule has 2 aliphatic heterocycles. The number of ether oxygens (including phenoxy) is 4. The summed E-state index contributed by atoms with van der Waals surface area (Å²) in [5.74, 6) is -1.90. The average molecular weight is 631 g/mol. The Labute approximate surface area is 261 Å². The van der Waals surface area contributed by atoms with E-state index in [0.29, 0.717) is 18.8 Å². The summed E-state index contributed by atoms with van der Waals surface area (Å²) >= 11 is 6.46.